The molecule has 3 aromatic carbocycles. The van der Waals surface area contributed by atoms with E-state index in [1.165, 1.54) is 0 Å². The van der Waals surface area contributed by atoms with Crippen molar-refractivity contribution in [2.24, 2.45) is 16.5 Å². The number of nitrogens with zero attached hydrogens (tertiary/aromatic N) is 1. The van der Waals surface area contributed by atoms with Gasteiger partial charge in [0.25, 0.3) is 0 Å². The van der Waals surface area contributed by atoms with Gasteiger partial charge < -0.3 is 27.4 Å². The zero-order chi connectivity index (χ0) is 29.5. The molecule has 0 aromatic heterocycles. The summed E-state index contributed by atoms with van der Waals surface area (Å²) in [6, 6.07) is 25.6. The lowest BCUT2D eigenvalue weighted by atomic mass is 9.90. The van der Waals surface area contributed by atoms with Crippen molar-refractivity contribution in [3.63, 3.8) is 0 Å². The van der Waals surface area contributed by atoms with Gasteiger partial charge in [0.1, 0.15) is 0 Å². The average molecular weight is 558 g/mol. The van der Waals surface area contributed by atoms with Crippen molar-refractivity contribution in [2.75, 3.05) is 13.1 Å². The number of hydrogen-bond donors (Lipinski definition) is 6. The van der Waals surface area contributed by atoms with Gasteiger partial charge in [-0.15, -0.1) is 0 Å². The van der Waals surface area contributed by atoms with Crippen molar-refractivity contribution >= 4 is 23.8 Å². The summed E-state index contributed by atoms with van der Waals surface area (Å²) in [5.41, 5.74) is 14.4. The van der Waals surface area contributed by atoms with E-state index in [1.54, 1.807) is 0 Å². The summed E-state index contributed by atoms with van der Waals surface area (Å²) in [6.07, 6.45) is 0.966. The maximum absolute atomic E-state index is 13.5. The van der Waals surface area contributed by atoms with Crippen LogP contribution >= 0.6 is 0 Å². The molecule has 8 N–H and O–H groups in total. The van der Waals surface area contributed by atoms with Crippen LogP contribution in [0, 0.1) is 0 Å². The molecule has 0 saturated carbocycles. The van der Waals surface area contributed by atoms with E-state index in [0.29, 0.717) is 39.0 Å². The van der Waals surface area contributed by atoms with Gasteiger partial charge in [-0.25, -0.2) is 4.79 Å². The summed E-state index contributed by atoms with van der Waals surface area (Å²) in [7, 11) is 0. The summed E-state index contributed by atoms with van der Waals surface area (Å²) < 4.78 is 0. The molecule has 0 aliphatic rings. The van der Waals surface area contributed by atoms with E-state index in [2.05, 4.69) is 26.3 Å². The molecule has 0 unspecified atom stereocenters. The largest absolute Gasteiger partial charge is 0.370 e. The highest BCUT2D eigenvalue weighted by molar-refractivity contribution is 6.01. The lowest BCUT2D eigenvalue weighted by molar-refractivity contribution is -0.132. The molecule has 0 aliphatic heterocycles. The first-order valence-corrected chi connectivity index (χ1v) is 13.7. The summed E-state index contributed by atoms with van der Waals surface area (Å²) in [4.78, 5) is 42.5. The van der Waals surface area contributed by atoms with Crippen LogP contribution < -0.4 is 32.7 Å². The van der Waals surface area contributed by atoms with Crippen molar-refractivity contribution in [2.45, 2.75) is 44.8 Å². The van der Waals surface area contributed by atoms with E-state index in [9.17, 15) is 14.4 Å². The maximum Gasteiger partial charge on any atom is 0.315 e. The standard InChI is InChI=1S/C31H39N7O3/c1-2-34-31(41)37-21-23-17-15-22(16-18-23)20-36-26(14-9-19-35-30(32)33)28(39)38-29(40)27(24-10-5-3-6-11-24)25-12-7-4-8-13-25/h3-8,10-13,15-18,26-27,36H,2,9,14,19-21H2,1H3,(H4,32,33,35)(H2,34,37,41)(H,38,39,40)/t26-/m0/s1. The molecule has 41 heavy (non-hydrogen) atoms. The third-order valence-corrected chi connectivity index (χ3v) is 6.40. The van der Waals surface area contributed by atoms with Crippen LogP contribution in [0.4, 0.5) is 4.79 Å². The van der Waals surface area contributed by atoms with Crippen LogP contribution in [0.3, 0.4) is 0 Å². The highest BCUT2D eigenvalue weighted by Gasteiger charge is 2.27. The molecule has 0 heterocycles. The molecule has 10 heteroatoms. The second kappa shape index (κ2) is 16.4. The number of carbonyl (C=O) groups is 3. The predicted molar refractivity (Wildman–Crippen MR) is 161 cm³/mol. The molecule has 0 bridgehead atoms. The van der Waals surface area contributed by atoms with Gasteiger partial charge in [0.15, 0.2) is 5.96 Å². The van der Waals surface area contributed by atoms with Crippen LogP contribution in [0.1, 0.15) is 47.9 Å². The summed E-state index contributed by atoms with van der Waals surface area (Å²) in [6.45, 7) is 3.59. The minimum atomic E-state index is -0.653. The number of rotatable bonds is 14. The van der Waals surface area contributed by atoms with Gasteiger partial charge in [-0.05, 0) is 42.0 Å². The topological polar surface area (TPSA) is 164 Å². The Kier molecular flexibility index (Phi) is 12.3. The fourth-order valence-corrected chi connectivity index (χ4v) is 4.32. The van der Waals surface area contributed by atoms with Crippen LogP contribution in [-0.4, -0.2) is 42.9 Å². The van der Waals surface area contributed by atoms with Gasteiger partial charge in [0.2, 0.25) is 11.8 Å². The predicted octanol–water partition coefficient (Wildman–Crippen LogP) is 2.49. The van der Waals surface area contributed by atoms with Crippen LogP contribution in [-0.2, 0) is 22.7 Å². The Hall–Kier alpha value is -4.70. The zero-order valence-corrected chi connectivity index (χ0v) is 23.3. The highest BCUT2D eigenvalue weighted by Crippen LogP contribution is 2.24. The SMILES string of the molecule is CCNC(=O)NCc1ccc(CN[C@@H](CCCN=C(N)N)C(=O)NC(=O)C(c2ccccc2)c2ccccc2)cc1. The molecule has 4 amide bonds. The van der Waals surface area contributed by atoms with Crippen molar-refractivity contribution in [1.82, 2.24) is 21.3 Å². The van der Waals surface area contributed by atoms with E-state index in [1.807, 2.05) is 91.9 Å². The summed E-state index contributed by atoms with van der Waals surface area (Å²) in [5.74, 6) is -1.46. The van der Waals surface area contributed by atoms with Crippen LogP contribution in [0.25, 0.3) is 0 Å². The third-order valence-electron chi connectivity index (χ3n) is 6.40. The molecule has 3 rings (SSSR count). The van der Waals surface area contributed by atoms with Gasteiger partial charge in [-0.1, -0.05) is 84.9 Å². The Labute approximate surface area is 241 Å². The minimum Gasteiger partial charge on any atom is -0.370 e. The smallest absolute Gasteiger partial charge is 0.315 e. The Bertz CT molecular complexity index is 1240. The Morgan fingerprint density at radius 3 is 1.85 bits per heavy atom. The zero-order valence-electron chi connectivity index (χ0n) is 23.3. The molecule has 0 radical (unpaired) electrons. The number of guanidine groups is 1. The number of nitrogens with one attached hydrogen (secondary N) is 4. The Morgan fingerprint density at radius 2 is 1.32 bits per heavy atom. The van der Waals surface area contributed by atoms with E-state index in [4.69, 9.17) is 11.5 Å². The molecule has 0 saturated heterocycles. The second-order valence-corrected chi connectivity index (χ2v) is 9.52. The molecule has 0 spiro atoms. The van der Waals surface area contributed by atoms with Crippen molar-refractivity contribution in [1.29, 1.82) is 0 Å². The number of imide groups is 1. The van der Waals surface area contributed by atoms with Gasteiger partial charge in [0.05, 0.1) is 12.0 Å². The van der Waals surface area contributed by atoms with Crippen LogP contribution in [0.15, 0.2) is 89.9 Å². The molecule has 1 atom stereocenters. The average Bonchev–Trinajstić information content (AvgIpc) is 2.97. The first-order valence-electron chi connectivity index (χ1n) is 13.7. The highest BCUT2D eigenvalue weighted by atomic mass is 16.2. The summed E-state index contributed by atoms with van der Waals surface area (Å²) in [5, 5.41) is 11.4. The van der Waals surface area contributed by atoms with Crippen LogP contribution in [0.2, 0.25) is 0 Å². The number of benzene rings is 3. The molecule has 216 valence electrons. The lowest BCUT2D eigenvalue weighted by Crippen LogP contribution is -2.47. The number of amides is 4. The van der Waals surface area contributed by atoms with Crippen molar-refractivity contribution in [3.8, 4) is 0 Å². The van der Waals surface area contributed by atoms with Gasteiger partial charge >= 0.3 is 6.03 Å². The number of hydrogen-bond acceptors (Lipinski definition) is 5. The fraction of sp³-hybridized carbons (Fsp3) is 0.290. The lowest BCUT2D eigenvalue weighted by Gasteiger charge is -2.21. The quantitative estimate of drug-likeness (QED) is 0.101. The molecule has 10 nitrogen and oxygen atoms in total. The van der Waals surface area contributed by atoms with Gasteiger partial charge in [0, 0.05) is 26.2 Å². The minimum absolute atomic E-state index is 0.00976. The molecule has 3 aromatic rings. The van der Waals surface area contributed by atoms with Gasteiger partial charge in [-0.2, -0.15) is 0 Å². The first-order chi connectivity index (χ1) is 19.9. The van der Waals surface area contributed by atoms with Crippen molar-refractivity contribution in [3.05, 3.63) is 107 Å². The third kappa shape index (κ3) is 10.4. The first kappa shape index (κ1) is 30.8. The maximum atomic E-state index is 13.5. The van der Waals surface area contributed by atoms with E-state index < -0.39 is 23.8 Å². The van der Waals surface area contributed by atoms with Gasteiger partial charge in [-0.3, -0.25) is 19.9 Å². The molecule has 0 aliphatic carbocycles. The molecular weight excluding hydrogens is 518 g/mol. The van der Waals surface area contributed by atoms with Crippen molar-refractivity contribution < 1.29 is 14.4 Å². The second-order valence-electron chi connectivity index (χ2n) is 9.52. The molecule has 0 fully saturated rings. The number of carbonyl (C=O) groups excluding carboxylic acids is 3. The summed E-state index contributed by atoms with van der Waals surface area (Å²) >= 11 is 0. The normalized spacial score (nSPS) is 11.4. The van der Waals surface area contributed by atoms with E-state index >= 15 is 0 Å². The fourth-order valence-electron chi connectivity index (χ4n) is 4.32. The molecular formula is C31H39N7O3. The number of urea groups is 1. The number of nitrogens with two attached hydrogens (primary N) is 2. The Balaban J connectivity index is 1.68. The van der Waals surface area contributed by atoms with E-state index in [-0.39, 0.29) is 12.0 Å². The Morgan fingerprint density at radius 1 is 0.756 bits per heavy atom. The van der Waals surface area contributed by atoms with Crippen LogP contribution in [0.5, 0.6) is 0 Å². The van der Waals surface area contributed by atoms with E-state index in [0.717, 1.165) is 22.3 Å². The monoisotopic (exact) mass is 557 g/mol. The number of aliphatic imine (C=N–C) groups is 1.